The van der Waals surface area contributed by atoms with Crippen LogP contribution in [0.4, 0.5) is 0 Å². The van der Waals surface area contributed by atoms with Crippen LogP contribution in [0.2, 0.25) is 0 Å². The molecule has 3 heteroatoms. The predicted octanol–water partition coefficient (Wildman–Crippen LogP) is 10.9. The highest BCUT2D eigenvalue weighted by Crippen LogP contribution is 2.62. The number of benzene rings is 6. The van der Waals surface area contributed by atoms with E-state index in [0.717, 1.165) is 39.2 Å². The summed E-state index contributed by atoms with van der Waals surface area (Å²) >= 11 is 0. The van der Waals surface area contributed by atoms with E-state index in [1.165, 1.54) is 44.5 Å². The molecule has 1 spiro atoms. The largest absolute Gasteiger partial charge is 0.264 e. The van der Waals surface area contributed by atoms with Gasteiger partial charge in [0.25, 0.3) is 0 Å². The number of pyridine rings is 1. The average Bonchev–Trinajstić information content (AvgIpc) is 3.65. The van der Waals surface area contributed by atoms with E-state index in [4.69, 9.17) is 9.97 Å². The first-order chi connectivity index (χ1) is 24.3. The summed E-state index contributed by atoms with van der Waals surface area (Å²) in [6, 6.07) is 58.7. The molecule has 0 fully saturated rings. The molecule has 3 nitrogen and oxygen atoms in total. The summed E-state index contributed by atoms with van der Waals surface area (Å²) in [5, 5.41) is 0. The zero-order valence-corrected chi connectivity index (χ0v) is 26.6. The first-order valence-corrected chi connectivity index (χ1v) is 16.7. The second kappa shape index (κ2) is 10.8. The maximum atomic E-state index is 5.22. The lowest BCUT2D eigenvalue weighted by Crippen LogP contribution is -2.25. The first-order valence-electron chi connectivity index (χ1n) is 16.7. The molecule has 2 aliphatic rings. The predicted molar refractivity (Wildman–Crippen MR) is 198 cm³/mol. The Kier molecular flexibility index (Phi) is 6.09. The van der Waals surface area contributed by atoms with Gasteiger partial charge >= 0.3 is 0 Å². The highest BCUT2D eigenvalue weighted by molar-refractivity contribution is 5.96. The van der Waals surface area contributed by atoms with Gasteiger partial charge in [0.2, 0.25) is 0 Å². The molecule has 228 valence electrons. The van der Waals surface area contributed by atoms with Crippen LogP contribution in [0, 0.1) is 0 Å². The molecule has 49 heavy (non-hydrogen) atoms. The van der Waals surface area contributed by atoms with Gasteiger partial charge in [0.1, 0.15) is 0 Å². The van der Waals surface area contributed by atoms with E-state index >= 15 is 0 Å². The highest BCUT2D eigenvalue weighted by atomic mass is 14.9. The van der Waals surface area contributed by atoms with Crippen molar-refractivity contribution in [3.8, 4) is 67.3 Å². The first kappa shape index (κ1) is 27.6. The minimum absolute atomic E-state index is 0.361. The number of aromatic nitrogens is 3. The van der Waals surface area contributed by atoms with Crippen LogP contribution < -0.4 is 0 Å². The van der Waals surface area contributed by atoms with Gasteiger partial charge in [-0.25, -0.2) is 9.97 Å². The maximum absolute atomic E-state index is 5.22. The quantitative estimate of drug-likeness (QED) is 0.196. The lowest BCUT2D eigenvalue weighted by atomic mass is 9.70. The molecular weight excluding hydrogens is 595 g/mol. The molecule has 0 N–H and O–H groups in total. The fourth-order valence-corrected chi connectivity index (χ4v) is 8.09. The Morgan fingerprint density at radius 3 is 1.49 bits per heavy atom. The molecule has 2 heterocycles. The third-order valence-electron chi connectivity index (χ3n) is 10.2. The van der Waals surface area contributed by atoms with Crippen molar-refractivity contribution in [1.29, 1.82) is 0 Å². The van der Waals surface area contributed by atoms with Gasteiger partial charge in [-0.3, -0.25) is 4.98 Å². The standard InChI is InChI=1S/C46H29N3/c1-2-11-31(12-3-1)43-28-44(49-45(48-43)32-22-20-30(21-23-32)34-13-10-26-47-29-34)33-24-25-42-38(27-33)37-16-6-9-19-41(37)46(42)39-17-7-4-14-35(39)36-15-5-8-18-40(36)46/h1-29H. The summed E-state index contributed by atoms with van der Waals surface area (Å²) in [4.78, 5) is 14.6. The van der Waals surface area contributed by atoms with Crippen LogP contribution in [0.3, 0.4) is 0 Å². The number of hydrogen-bond donors (Lipinski definition) is 0. The lowest BCUT2D eigenvalue weighted by molar-refractivity contribution is 0.794. The molecular formula is C46H29N3. The van der Waals surface area contributed by atoms with Crippen molar-refractivity contribution in [2.24, 2.45) is 0 Å². The molecule has 8 aromatic rings. The Hall–Kier alpha value is -6.45. The van der Waals surface area contributed by atoms with E-state index in [-0.39, 0.29) is 5.41 Å². The zero-order chi connectivity index (χ0) is 32.4. The Labute approximate surface area is 285 Å². The molecule has 0 atom stereocenters. The van der Waals surface area contributed by atoms with E-state index in [0.29, 0.717) is 5.82 Å². The molecule has 0 bridgehead atoms. The van der Waals surface area contributed by atoms with Crippen LogP contribution in [-0.2, 0) is 5.41 Å². The van der Waals surface area contributed by atoms with E-state index in [9.17, 15) is 0 Å². The third kappa shape index (κ3) is 4.12. The van der Waals surface area contributed by atoms with Gasteiger partial charge in [-0.1, -0.05) is 146 Å². The van der Waals surface area contributed by atoms with Gasteiger partial charge in [0, 0.05) is 29.1 Å². The minimum Gasteiger partial charge on any atom is -0.264 e. The Bertz CT molecular complexity index is 2490. The van der Waals surface area contributed by atoms with Gasteiger partial charge in [0.15, 0.2) is 5.82 Å². The second-order valence-corrected chi connectivity index (χ2v) is 12.8. The molecule has 0 aliphatic heterocycles. The normalized spacial score (nSPS) is 13.1. The monoisotopic (exact) mass is 623 g/mol. The van der Waals surface area contributed by atoms with Crippen molar-refractivity contribution in [3.63, 3.8) is 0 Å². The molecule has 0 unspecified atom stereocenters. The minimum atomic E-state index is -0.361. The van der Waals surface area contributed by atoms with E-state index in [2.05, 4.69) is 157 Å². The molecule has 0 saturated carbocycles. The number of rotatable bonds is 4. The Balaban J connectivity index is 1.16. The summed E-state index contributed by atoms with van der Waals surface area (Å²) in [5.74, 6) is 0.699. The Morgan fingerprint density at radius 2 is 0.857 bits per heavy atom. The van der Waals surface area contributed by atoms with E-state index in [1.807, 2.05) is 18.3 Å². The van der Waals surface area contributed by atoms with Crippen LogP contribution in [0.25, 0.3) is 67.3 Å². The van der Waals surface area contributed by atoms with Crippen LogP contribution >= 0.6 is 0 Å². The van der Waals surface area contributed by atoms with Crippen molar-refractivity contribution in [3.05, 3.63) is 198 Å². The van der Waals surface area contributed by atoms with Crippen LogP contribution in [-0.4, -0.2) is 15.0 Å². The SMILES string of the molecule is c1ccc(-c2cc(-c3ccc4c(c3)-c3ccccc3C43c4ccccc4-c4ccccc43)nc(-c3ccc(-c4cccnc4)cc3)n2)cc1. The second-order valence-electron chi connectivity index (χ2n) is 12.8. The fraction of sp³-hybridized carbons (Fsp3) is 0.0217. The highest BCUT2D eigenvalue weighted by Gasteiger charge is 2.51. The summed E-state index contributed by atoms with van der Waals surface area (Å²) < 4.78 is 0. The van der Waals surface area contributed by atoms with Gasteiger partial charge in [-0.15, -0.1) is 0 Å². The Morgan fingerprint density at radius 1 is 0.347 bits per heavy atom. The molecule has 0 amide bonds. The molecule has 6 aromatic carbocycles. The number of fused-ring (bicyclic) bond motifs is 10. The molecule has 0 radical (unpaired) electrons. The van der Waals surface area contributed by atoms with E-state index < -0.39 is 0 Å². The molecule has 10 rings (SSSR count). The average molecular weight is 624 g/mol. The molecule has 0 saturated heterocycles. The molecule has 2 aromatic heterocycles. The summed E-state index contributed by atoms with van der Waals surface area (Å²) in [6.45, 7) is 0. The van der Waals surface area contributed by atoms with Gasteiger partial charge in [0.05, 0.1) is 16.8 Å². The zero-order valence-electron chi connectivity index (χ0n) is 26.6. The fourth-order valence-electron chi connectivity index (χ4n) is 8.09. The van der Waals surface area contributed by atoms with Crippen LogP contribution in [0.1, 0.15) is 22.3 Å². The molecule has 2 aliphatic carbocycles. The summed E-state index contributed by atoms with van der Waals surface area (Å²) in [5.41, 5.74) is 17.2. The van der Waals surface area contributed by atoms with Crippen molar-refractivity contribution in [2.75, 3.05) is 0 Å². The van der Waals surface area contributed by atoms with Gasteiger partial charge in [-0.05, 0) is 73.8 Å². The van der Waals surface area contributed by atoms with Gasteiger partial charge in [-0.2, -0.15) is 0 Å². The van der Waals surface area contributed by atoms with Crippen molar-refractivity contribution < 1.29 is 0 Å². The van der Waals surface area contributed by atoms with Crippen molar-refractivity contribution in [1.82, 2.24) is 15.0 Å². The van der Waals surface area contributed by atoms with Crippen LogP contribution in [0.15, 0.2) is 176 Å². The van der Waals surface area contributed by atoms with Crippen molar-refractivity contribution >= 4 is 0 Å². The summed E-state index contributed by atoms with van der Waals surface area (Å²) in [6.07, 6.45) is 3.68. The lowest BCUT2D eigenvalue weighted by Gasteiger charge is -2.30. The topological polar surface area (TPSA) is 38.7 Å². The smallest absolute Gasteiger partial charge is 0.160 e. The third-order valence-corrected chi connectivity index (χ3v) is 10.2. The van der Waals surface area contributed by atoms with Gasteiger partial charge < -0.3 is 0 Å². The van der Waals surface area contributed by atoms with Crippen LogP contribution in [0.5, 0.6) is 0 Å². The van der Waals surface area contributed by atoms with E-state index in [1.54, 1.807) is 6.20 Å². The van der Waals surface area contributed by atoms with Crippen molar-refractivity contribution in [2.45, 2.75) is 5.41 Å². The number of nitrogens with zero attached hydrogens (tertiary/aromatic N) is 3. The number of hydrogen-bond acceptors (Lipinski definition) is 3. The maximum Gasteiger partial charge on any atom is 0.160 e. The summed E-state index contributed by atoms with van der Waals surface area (Å²) in [7, 11) is 0.